The molecule has 1 fully saturated rings. The van der Waals surface area contributed by atoms with Crippen LogP contribution in [-0.4, -0.2) is 28.3 Å². The summed E-state index contributed by atoms with van der Waals surface area (Å²) in [5.41, 5.74) is 0. The zero-order valence-electron chi connectivity index (χ0n) is 8.15. The summed E-state index contributed by atoms with van der Waals surface area (Å²) in [6, 6.07) is 1.86. The van der Waals surface area contributed by atoms with E-state index in [1.807, 2.05) is 6.07 Å². The lowest BCUT2D eigenvalue weighted by molar-refractivity contribution is 0.706. The van der Waals surface area contributed by atoms with Gasteiger partial charge >= 0.3 is 0 Å². The molecule has 14 heavy (non-hydrogen) atoms. The van der Waals surface area contributed by atoms with Crippen LogP contribution in [0.3, 0.4) is 0 Å². The van der Waals surface area contributed by atoms with Crippen molar-refractivity contribution in [3.05, 3.63) is 18.5 Å². The van der Waals surface area contributed by atoms with Gasteiger partial charge in [-0.3, -0.25) is 0 Å². The normalized spacial score (nSPS) is 23.0. The summed E-state index contributed by atoms with van der Waals surface area (Å²) < 4.78 is 0. The minimum atomic E-state index is 0.639. The molecular formula is C10H15N3S. The smallest absolute Gasteiger partial charge is 0.187 e. The van der Waals surface area contributed by atoms with Crippen LogP contribution in [0.25, 0.3) is 0 Å². The molecule has 1 aromatic rings. The fraction of sp³-hybridized carbons (Fsp3) is 0.600. The Morgan fingerprint density at radius 1 is 1.29 bits per heavy atom. The van der Waals surface area contributed by atoms with E-state index in [1.54, 1.807) is 24.2 Å². The first kappa shape index (κ1) is 9.93. The lowest BCUT2D eigenvalue weighted by Gasteiger charge is -2.11. The summed E-state index contributed by atoms with van der Waals surface area (Å²) in [5, 5.41) is 4.98. The quantitative estimate of drug-likeness (QED) is 0.752. The SMILES string of the molecule is c1cnc(SC2CCCCNC2)nc1. The first-order valence-electron chi connectivity index (χ1n) is 5.09. The molecule has 0 saturated carbocycles. The molecule has 1 atom stereocenters. The second kappa shape index (κ2) is 5.32. The Bertz CT molecular complexity index is 257. The van der Waals surface area contributed by atoms with E-state index in [0.29, 0.717) is 5.25 Å². The van der Waals surface area contributed by atoms with Crippen molar-refractivity contribution >= 4 is 11.8 Å². The van der Waals surface area contributed by atoms with Gasteiger partial charge in [0.2, 0.25) is 0 Å². The van der Waals surface area contributed by atoms with Crippen LogP contribution < -0.4 is 5.32 Å². The van der Waals surface area contributed by atoms with Gasteiger partial charge in [-0.1, -0.05) is 18.2 Å². The monoisotopic (exact) mass is 209 g/mol. The molecule has 1 unspecified atom stereocenters. The summed E-state index contributed by atoms with van der Waals surface area (Å²) in [6.45, 7) is 2.25. The van der Waals surface area contributed by atoms with Crippen molar-refractivity contribution in [1.82, 2.24) is 15.3 Å². The van der Waals surface area contributed by atoms with E-state index in [4.69, 9.17) is 0 Å². The van der Waals surface area contributed by atoms with Crippen molar-refractivity contribution in [2.24, 2.45) is 0 Å². The highest BCUT2D eigenvalue weighted by molar-refractivity contribution is 7.99. The third-order valence-corrected chi connectivity index (χ3v) is 3.47. The Morgan fingerprint density at radius 3 is 3.00 bits per heavy atom. The van der Waals surface area contributed by atoms with Crippen molar-refractivity contribution in [3.63, 3.8) is 0 Å². The Hall–Kier alpha value is -0.610. The summed E-state index contributed by atoms with van der Waals surface area (Å²) in [7, 11) is 0. The van der Waals surface area contributed by atoms with Crippen LogP contribution >= 0.6 is 11.8 Å². The standard InChI is InChI=1S/C10H15N3S/c1-2-5-11-8-9(4-1)14-10-12-6-3-7-13-10/h3,6-7,9,11H,1-2,4-5,8H2. The minimum Gasteiger partial charge on any atom is -0.316 e. The van der Waals surface area contributed by atoms with E-state index in [2.05, 4.69) is 15.3 Å². The van der Waals surface area contributed by atoms with Crippen LogP contribution in [0.2, 0.25) is 0 Å². The molecule has 3 nitrogen and oxygen atoms in total. The van der Waals surface area contributed by atoms with Crippen LogP contribution in [0.1, 0.15) is 19.3 Å². The molecule has 0 bridgehead atoms. The molecule has 0 spiro atoms. The Kier molecular flexibility index (Phi) is 3.77. The molecular weight excluding hydrogens is 194 g/mol. The summed E-state index contributed by atoms with van der Waals surface area (Å²) in [4.78, 5) is 8.46. The molecule has 1 saturated heterocycles. The molecule has 1 N–H and O–H groups in total. The van der Waals surface area contributed by atoms with Crippen LogP contribution in [0.5, 0.6) is 0 Å². The minimum absolute atomic E-state index is 0.639. The van der Waals surface area contributed by atoms with Crippen molar-refractivity contribution in [3.8, 4) is 0 Å². The molecule has 0 aromatic carbocycles. The third kappa shape index (κ3) is 2.96. The van der Waals surface area contributed by atoms with Gasteiger partial charge in [0, 0.05) is 24.2 Å². The predicted molar refractivity (Wildman–Crippen MR) is 58.4 cm³/mol. The maximum atomic E-state index is 4.23. The predicted octanol–water partition coefficient (Wildman–Crippen LogP) is 1.71. The lowest BCUT2D eigenvalue weighted by atomic mass is 10.2. The molecule has 2 rings (SSSR count). The largest absolute Gasteiger partial charge is 0.316 e. The molecule has 2 heterocycles. The van der Waals surface area contributed by atoms with Crippen LogP contribution in [0, 0.1) is 0 Å². The van der Waals surface area contributed by atoms with E-state index in [9.17, 15) is 0 Å². The van der Waals surface area contributed by atoms with Crippen molar-refractivity contribution < 1.29 is 0 Å². The van der Waals surface area contributed by atoms with Gasteiger partial charge in [0.25, 0.3) is 0 Å². The highest BCUT2D eigenvalue weighted by Crippen LogP contribution is 2.23. The van der Waals surface area contributed by atoms with E-state index in [0.717, 1.165) is 18.2 Å². The molecule has 1 aliphatic heterocycles. The van der Waals surface area contributed by atoms with Gasteiger partial charge < -0.3 is 5.32 Å². The first-order chi connectivity index (χ1) is 6.95. The second-order valence-corrected chi connectivity index (χ2v) is 4.74. The van der Waals surface area contributed by atoms with Gasteiger partial charge in [-0.05, 0) is 25.5 Å². The highest BCUT2D eigenvalue weighted by atomic mass is 32.2. The molecule has 1 aliphatic rings. The number of rotatable bonds is 2. The fourth-order valence-corrected chi connectivity index (χ4v) is 2.61. The van der Waals surface area contributed by atoms with Gasteiger partial charge in [-0.25, -0.2) is 9.97 Å². The summed E-state index contributed by atoms with van der Waals surface area (Å²) in [5.74, 6) is 0. The molecule has 0 amide bonds. The van der Waals surface area contributed by atoms with E-state index in [-0.39, 0.29) is 0 Å². The van der Waals surface area contributed by atoms with Gasteiger partial charge in [-0.2, -0.15) is 0 Å². The number of thioether (sulfide) groups is 1. The maximum Gasteiger partial charge on any atom is 0.187 e. The number of nitrogens with one attached hydrogen (secondary N) is 1. The zero-order valence-corrected chi connectivity index (χ0v) is 8.96. The van der Waals surface area contributed by atoms with Crippen LogP contribution in [0.15, 0.2) is 23.6 Å². The lowest BCUT2D eigenvalue weighted by Crippen LogP contribution is -2.22. The van der Waals surface area contributed by atoms with E-state index < -0.39 is 0 Å². The summed E-state index contributed by atoms with van der Waals surface area (Å²) in [6.07, 6.45) is 7.50. The Morgan fingerprint density at radius 2 is 2.14 bits per heavy atom. The highest BCUT2D eigenvalue weighted by Gasteiger charge is 2.13. The molecule has 0 aliphatic carbocycles. The van der Waals surface area contributed by atoms with Gasteiger partial charge in [0.05, 0.1) is 0 Å². The zero-order chi connectivity index (χ0) is 9.64. The molecule has 0 radical (unpaired) electrons. The average Bonchev–Trinajstić information content (AvgIpc) is 2.48. The molecule has 76 valence electrons. The first-order valence-corrected chi connectivity index (χ1v) is 5.97. The second-order valence-electron chi connectivity index (χ2n) is 3.47. The third-order valence-electron chi connectivity index (χ3n) is 2.32. The van der Waals surface area contributed by atoms with Crippen molar-refractivity contribution in [2.75, 3.05) is 13.1 Å². The van der Waals surface area contributed by atoms with Crippen LogP contribution in [-0.2, 0) is 0 Å². The molecule has 1 aromatic heterocycles. The van der Waals surface area contributed by atoms with E-state index in [1.165, 1.54) is 19.3 Å². The fourth-order valence-electron chi connectivity index (χ4n) is 1.58. The van der Waals surface area contributed by atoms with Crippen molar-refractivity contribution in [1.29, 1.82) is 0 Å². The number of nitrogens with zero attached hydrogens (tertiary/aromatic N) is 2. The number of hydrogen-bond acceptors (Lipinski definition) is 4. The van der Waals surface area contributed by atoms with Gasteiger partial charge in [0.1, 0.15) is 0 Å². The summed E-state index contributed by atoms with van der Waals surface area (Å²) >= 11 is 1.79. The molecule has 4 heteroatoms. The van der Waals surface area contributed by atoms with Gasteiger partial charge in [0.15, 0.2) is 5.16 Å². The Balaban J connectivity index is 1.90. The number of hydrogen-bond donors (Lipinski definition) is 1. The maximum absolute atomic E-state index is 4.23. The van der Waals surface area contributed by atoms with Crippen LogP contribution in [0.4, 0.5) is 0 Å². The topological polar surface area (TPSA) is 37.8 Å². The average molecular weight is 209 g/mol. The van der Waals surface area contributed by atoms with Crippen molar-refractivity contribution in [2.45, 2.75) is 29.7 Å². The van der Waals surface area contributed by atoms with Gasteiger partial charge in [-0.15, -0.1) is 0 Å². The number of aromatic nitrogens is 2. The Labute approximate surface area is 88.7 Å². The van der Waals surface area contributed by atoms with E-state index >= 15 is 0 Å².